The molecule has 5 rings (SSSR count). The summed E-state index contributed by atoms with van der Waals surface area (Å²) in [6.45, 7) is 7.75. The number of hydrogen-bond acceptors (Lipinski definition) is 7. The molecule has 0 spiro atoms. The van der Waals surface area contributed by atoms with Crippen molar-refractivity contribution in [3.05, 3.63) is 82.3 Å². The van der Waals surface area contributed by atoms with Crippen molar-refractivity contribution in [2.45, 2.75) is 76.3 Å². The maximum Gasteiger partial charge on any atom is 0.407 e. The highest BCUT2D eigenvalue weighted by atomic mass is 32.2. The Labute approximate surface area is 297 Å². The molecule has 6 N–H and O–H groups in total. The molecule has 0 unspecified atom stereocenters. The third kappa shape index (κ3) is 9.85. The second-order valence-corrected chi connectivity index (χ2v) is 16.0. The van der Waals surface area contributed by atoms with E-state index in [-0.39, 0.29) is 34.7 Å². The molecule has 0 radical (unpaired) electrons. The summed E-state index contributed by atoms with van der Waals surface area (Å²) < 4.78 is 32.2. The Kier molecular flexibility index (Phi) is 11.4. The number of anilines is 1. The summed E-state index contributed by atoms with van der Waals surface area (Å²) in [7, 11) is -2.20. The van der Waals surface area contributed by atoms with Gasteiger partial charge in [0.1, 0.15) is 11.6 Å². The standard InChI is InChI=1S/C37H46N6O7S/c1-22-18-28(51(48,49)38-5)15-16-29(22)25-10-6-23(7-11-25)19-32(34(45)40-27-14-17-30-31(20-27)43-35(46)42-30)41-33(44)26-12-8-24(9-13-26)21-39-36(47)50-37(2,3)4/h6-7,10-11,14-18,20,24,26,32,38H,8-9,12-13,19,21H2,1-5H3,(H,39,47)(H,40,45)(H,41,44)(H2,42,43,46)/t24-,26-,32-/m0/s1. The number of imidazole rings is 1. The number of nitrogens with one attached hydrogen (secondary N) is 6. The molecule has 4 aromatic rings. The molecule has 13 nitrogen and oxygen atoms in total. The van der Waals surface area contributed by atoms with Gasteiger partial charge in [-0.2, -0.15) is 0 Å². The van der Waals surface area contributed by atoms with Crippen LogP contribution in [0.25, 0.3) is 22.2 Å². The molecule has 1 aliphatic carbocycles. The number of sulfonamides is 1. The molecule has 3 aromatic carbocycles. The highest BCUT2D eigenvalue weighted by molar-refractivity contribution is 7.89. The van der Waals surface area contributed by atoms with Crippen LogP contribution in [0.3, 0.4) is 0 Å². The summed E-state index contributed by atoms with van der Waals surface area (Å²) in [5, 5.41) is 8.72. The predicted molar refractivity (Wildman–Crippen MR) is 196 cm³/mol. The molecule has 51 heavy (non-hydrogen) atoms. The third-order valence-electron chi connectivity index (χ3n) is 9.05. The monoisotopic (exact) mass is 718 g/mol. The molecule has 0 saturated heterocycles. The highest BCUT2D eigenvalue weighted by Gasteiger charge is 2.30. The van der Waals surface area contributed by atoms with Crippen molar-refractivity contribution in [1.29, 1.82) is 0 Å². The molecule has 1 saturated carbocycles. The zero-order chi connectivity index (χ0) is 36.9. The fourth-order valence-corrected chi connectivity index (χ4v) is 7.13. The van der Waals surface area contributed by atoms with Gasteiger partial charge >= 0.3 is 11.8 Å². The van der Waals surface area contributed by atoms with Gasteiger partial charge < -0.3 is 30.7 Å². The molecule has 3 amide bonds. The quantitative estimate of drug-likeness (QED) is 0.129. The molecule has 1 aromatic heterocycles. The van der Waals surface area contributed by atoms with Crippen LogP contribution in [-0.2, 0) is 30.8 Å². The lowest BCUT2D eigenvalue weighted by molar-refractivity contribution is -0.130. The van der Waals surface area contributed by atoms with Gasteiger partial charge in [-0.15, -0.1) is 0 Å². The minimum Gasteiger partial charge on any atom is -0.444 e. The van der Waals surface area contributed by atoms with Crippen LogP contribution in [0.4, 0.5) is 10.5 Å². The van der Waals surface area contributed by atoms with Gasteiger partial charge in [0.2, 0.25) is 21.8 Å². The van der Waals surface area contributed by atoms with Gasteiger partial charge in [-0.05, 0) is 119 Å². The van der Waals surface area contributed by atoms with Crippen LogP contribution < -0.4 is 26.4 Å². The first-order valence-corrected chi connectivity index (χ1v) is 18.5. The SMILES string of the molecule is CNS(=O)(=O)c1ccc(-c2ccc(C[C@H](NC(=O)[C@H]3CC[C@H](CNC(=O)OC(C)(C)C)CC3)C(=O)Nc3ccc4[nH]c(=O)[nH]c4c3)cc2)c(C)c1. The Morgan fingerprint density at radius 1 is 0.922 bits per heavy atom. The Bertz CT molecular complexity index is 2060. The summed E-state index contributed by atoms with van der Waals surface area (Å²) in [6, 6.07) is 16.7. The molecule has 0 aliphatic heterocycles. The Morgan fingerprint density at radius 2 is 1.61 bits per heavy atom. The number of aromatic nitrogens is 2. The Hall–Kier alpha value is -4.95. The van der Waals surface area contributed by atoms with Crippen LogP contribution in [0, 0.1) is 18.8 Å². The number of ether oxygens (including phenoxy) is 1. The number of amides is 3. The second-order valence-electron chi connectivity index (χ2n) is 14.1. The zero-order valence-corrected chi connectivity index (χ0v) is 30.3. The van der Waals surface area contributed by atoms with E-state index >= 15 is 0 Å². The van der Waals surface area contributed by atoms with Gasteiger partial charge in [0.15, 0.2) is 0 Å². The lowest BCUT2D eigenvalue weighted by atomic mass is 9.81. The molecular weight excluding hydrogens is 673 g/mol. The smallest absolute Gasteiger partial charge is 0.407 e. The van der Waals surface area contributed by atoms with Crippen LogP contribution in [0.1, 0.15) is 57.6 Å². The minimum atomic E-state index is -3.57. The average molecular weight is 719 g/mol. The van der Waals surface area contributed by atoms with E-state index in [2.05, 4.69) is 30.6 Å². The van der Waals surface area contributed by atoms with Crippen molar-refractivity contribution < 1.29 is 27.5 Å². The van der Waals surface area contributed by atoms with Gasteiger partial charge in [-0.3, -0.25) is 9.59 Å². The largest absolute Gasteiger partial charge is 0.444 e. The molecule has 1 heterocycles. The average Bonchev–Trinajstić information content (AvgIpc) is 3.46. The maximum absolute atomic E-state index is 13.7. The van der Waals surface area contributed by atoms with E-state index in [9.17, 15) is 27.6 Å². The van der Waals surface area contributed by atoms with Gasteiger partial charge in [-0.1, -0.05) is 30.3 Å². The summed E-state index contributed by atoms with van der Waals surface area (Å²) >= 11 is 0. The van der Waals surface area contributed by atoms with E-state index in [1.165, 1.54) is 7.05 Å². The Balaban J connectivity index is 1.27. The van der Waals surface area contributed by atoms with Crippen LogP contribution in [0.15, 0.2) is 70.4 Å². The van der Waals surface area contributed by atoms with Gasteiger partial charge in [0.25, 0.3) is 0 Å². The summed E-state index contributed by atoms with van der Waals surface area (Å²) in [5.74, 6) is -0.666. The molecule has 1 fully saturated rings. The fourth-order valence-electron chi connectivity index (χ4n) is 6.31. The first-order valence-electron chi connectivity index (χ1n) is 17.0. The number of carbonyl (C=O) groups is 3. The van der Waals surface area contributed by atoms with Crippen molar-refractivity contribution in [2.24, 2.45) is 11.8 Å². The highest BCUT2D eigenvalue weighted by Crippen LogP contribution is 2.30. The van der Waals surface area contributed by atoms with Gasteiger partial charge in [0, 0.05) is 24.6 Å². The van der Waals surface area contributed by atoms with Crippen molar-refractivity contribution in [3.8, 4) is 11.1 Å². The summed E-state index contributed by atoms with van der Waals surface area (Å²) in [6.07, 6.45) is 2.51. The normalized spacial score (nSPS) is 17.0. The van der Waals surface area contributed by atoms with E-state index in [0.717, 1.165) is 35.1 Å². The van der Waals surface area contributed by atoms with E-state index in [4.69, 9.17) is 4.74 Å². The van der Waals surface area contributed by atoms with Crippen molar-refractivity contribution in [1.82, 2.24) is 25.3 Å². The van der Waals surface area contributed by atoms with E-state index in [1.54, 1.807) is 36.4 Å². The predicted octanol–water partition coefficient (Wildman–Crippen LogP) is 4.74. The minimum absolute atomic E-state index is 0.181. The van der Waals surface area contributed by atoms with Crippen LogP contribution in [-0.4, -0.2) is 61.5 Å². The third-order valence-corrected chi connectivity index (χ3v) is 10.5. The van der Waals surface area contributed by atoms with Crippen molar-refractivity contribution in [3.63, 3.8) is 0 Å². The number of hydrogen-bond donors (Lipinski definition) is 6. The number of alkyl carbamates (subject to hydrolysis) is 1. The zero-order valence-electron chi connectivity index (χ0n) is 29.5. The summed E-state index contributed by atoms with van der Waals surface area (Å²) in [5.41, 5.74) is 4.03. The number of benzene rings is 3. The molecule has 0 bridgehead atoms. The Morgan fingerprint density at radius 3 is 2.25 bits per heavy atom. The van der Waals surface area contributed by atoms with Gasteiger partial charge in [0.05, 0.1) is 15.9 Å². The van der Waals surface area contributed by atoms with E-state index < -0.39 is 33.7 Å². The topological polar surface area (TPSA) is 191 Å². The molecular formula is C37H46N6O7S. The first-order chi connectivity index (χ1) is 24.1. The molecule has 1 atom stereocenters. The number of fused-ring (bicyclic) bond motifs is 1. The number of aryl methyl sites for hydroxylation is 1. The number of H-pyrrole nitrogens is 2. The van der Waals surface area contributed by atoms with Crippen LogP contribution in [0.5, 0.6) is 0 Å². The van der Waals surface area contributed by atoms with Crippen LogP contribution >= 0.6 is 0 Å². The number of rotatable bonds is 11. The fraction of sp³-hybridized carbons (Fsp3) is 0.405. The maximum atomic E-state index is 13.7. The lowest BCUT2D eigenvalue weighted by Gasteiger charge is -2.29. The number of aromatic amines is 2. The van der Waals surface area contributed by atoms with Gasteiger partial charge in [-0.25, -0.2) is 22.7 Å². The molecule has 272 valence electrons. The van der Waals surface area contributed by atoms with E-state index in [1.807, 2.05) is 52.0 Å². The van der Waals surface area contributed by atoms with Crippen molar-refractivity contribution in [2.75, 3.05) is 18.9 Å². The molecule has 14 heteroatoms. The van der Waals surface area contributed by atoms with Crippen molar-refractivity contribution >= 4 is 44.7 Å². The van der Waals surface area contributed by atoms with E-state index in [0.29, 0.717) is 36.1 Å². The second kappa shape index (κ2) is 15.5. The molecule has 1 aliphatic rings. The van der Waals surface area contributed by atoms with Crippen LogP contribution in [0.2, 0.25) is 0 Å². The first kappa shape index (κ1) is 37.3. The lowest BCUT2D eigenvalue weighted by Crippen LogP contribution is -2.48. The summed E-state index contributed by atoms with van der Waals surface area (Å²) in [4.78, 5) is 56.7. The number of carbonyl (C=O) groups excluding carboxylic acids is 3.